The van der Waals surface area contributed by atoms with Gasteiger partial charge in [0.05, 0.1) is 6.20 Å². The van der Waals surface area contributed by atoms with E-state index < -0.39 is 0 Å². The fourth-order valence-corrected chi connectivity index (χ4v) is 0.796. The van der Waals surface area contributed by atoms with E-state index in [-0.39, 0.29) is 12.1 Å². The molecule has 2 aliphatic heterocycles. The Labute approximate surface area is 57.1 Å². The van der Waals surface area contributed by atoms with Crippen LogP contribution in [0.5, 0.6) is 0 Å². The van der Waals surface area contributed by atoms with Gasteiger partial charge in [-0.1, -0.05) is 0 Å². The average Bonchev–Trinajstić information content (AvgIpc) is 2.33. The quantitative estimate of drug-likeness (QED) is 0.501. The van der Waals surface area contributed by atoms with E-state index in [0.717, 1.165) is 5.57 Å². The van der Waals surface area contributed by atoms with Gasteiger partial charge in [-0.3, -0.25) is 0 Å². The molecule has 1 atom stereocenters. The maximum atomic E-state index is 5.31. The summed E-state index contributed by atoms with van der Waals surface area (Å²) >= 11 is 0. The minimum atomic E-state index is -0.225. The van der Waals surface area contributed by atoms with Crippen LogP contribution >= 0.6 is 0 Å². The summed E-state index contributed by atoms with van der Waals surface area (Å²) in [6, 6.07) is 0. The van der Waals surface area contributed by atoms with Crippen molar-refractivity contribution in [1.82, 2.24) is 0 Å². The van der Waals surface area contributed by atoms with E-state index in [1.165, 1.54) is 0 Å². The molecule has 0 aromatic carbocycles. The lowest BCUT2D eigenvalue weighted by atomic mass is 10.2. The van der Waals surface area contributed by atoms with Crippen molar-refractivity contribution < 1.29 is 0 Å². The van der Waals surface area contributed by atoms with E-state index >= 15 is 0 Å². The van der Waals surface area contributed by atoms with Crippen LogP contribution in [0.25, 0.3) is 0 Å². The van der Waals surface area contributed by atoms with E-state index in [4.69, 9.17) is 5.73 Å². The lowest BCUT2D eigenvalue weighted by Gasteiger charge is -2.05. The standard InChI is InChI=1S/C5H5N5/c6-5-7-1-3-2-8-10-4(3)9-5/h1-2,4H,(H2,6,9). The third-order valence-corrected chi connectivity index (χ3v) is 1.28. The highest BCUT2D eigenvalue weighted by molar-refractivity contribution is 5.96. The molecular weight excluding hydrogens is 130 g/mol. The van der Waals surface area contributed by atoms with Gasteiger partial charge in [0.15, 0.2) is 6.17 Å². The number of rotatable bonds is 0. The first-order valence-corrected chi connectivity index (χ1v) is 2.83. The zero-order chi connectivity index (χ0) is 6.97. The maximum absolute atomic E-state index is 5.31. The second-order valence-electron chi connectivity index (χ2n) is 1.98. The molecule has 0 aromatic heterocycles. The first kappa shape index (κ1) is 5.28. The largest absolute Gasteiger partial charge is 0.368 e. The predicted octanol–water partition coefficient (Wildman–Crippen LogP) is 0.0613. The predicted molar refractivity (Wildman–Crippen MR) is 36.8 cm³/mol. The molecule has 0 bridgehead atoms. The highest BCUT2D eigenvalue weighted by Gasteiger charge is 2.17. The Bertz CT molecular complexity index is 272. The normalized spacial score (nSPS) is 27.8. The summed E-state index contributed by atoms with van der Waals surface area (Å²) in [5, 5.41) is 7.45. The molecule has 5 heteroatoms. The van der Waals surface area contributed by atoms with Crippen molar-refractivity contribution >= 4 is 12.2 Å². The van der Waals surface area contributed by atoms with Crippen LogP contribution in [-0.2, 0) is 0 Å². The minimum Gasteiger partial charge on any atom is -0.368 e. The van der Waals surface area contributed by atoms with Gasteiger partial charge in [0, 0.05) is 11.8 Å². The van der Waals surface area contributed by atoms with Gasteiger partial charge in [-0.15, -0.1) is 0 Å². The van der Waals surface area contributed by atoms with Crippen LogP contribution in [0.3, 0.4) is 0 Å². The lowest BCUT2D eigenvalue weighted by molar-refractivity contribution is 0.826. The molecule has 0 radical (unpaired) electrons. The van der Waals surface area contributed by atoms with Crippen LogP contribution in [0.2, 0.25) is 0 Å². The molecule has 0 aromatic rings. The molecule has 2 rings (SSSR count). The number of nitrogens with zero attached hydrogens (tertiary/aromatic N) is 4. The average molecular weight is 135 g/mol. The van der Waals surface area contributed by atoms with E-state index in [1.807, 2.05) is 0 Å². The molecule has 0 aliphatic carbocycles. The van der Waals surface area contributed by atoms with Crippen molar-refractivity contribution in [2.75, 3.05) is 0 Å². The second kappa shape index (κ2) is 1.73. The van der Waals surface area contributed by atoms with Crippen LogP contribution in [0.15, 0.2) is 32.0 Å². The van der Waals surface area contributed by atoms with Gasteiger partial charge >= 0.3 is 0 Å². The topological polar surface area (TPSA) is 75.5 Å². The summed E-state index contributed by atoms with van der Waals surface area (Å²) in [7, 11) is 0. The van der Waals surface area contributed by atoms with Crippen molar-refractivity contribution in [3.05, 3.63) is 11.8 Å². The highest BCUT2D eigenvalue weighted by Crippen LogP contribution is 2.16. The molecule has 1 unspecified atom stereocenters. The number of fused-ring (bicyclic) bond motifs is 1. The molecule has 0 spiro atoms. The number of hydrogen-bond donors (Lipinski definition) is 1. The number of aliphatic imine (C=N–C) groups is 2. The second-order valence-corrected chi connectivity index (χ2v) is 1.98. The van der Waals surface area contributed by atoms with E-state index in [1.54, 1.807) is 12.4 Å². The molecule has 0 amide bonds. The minimum absolute atomic E-state index is 0.225. The fourth-order valence-electron chi connectivity index (χ4n) is 0.796. The van der Waals surface area contributed by atoms with Crippen LogP contribution in [0.4, 0.5) is 0 Å². The molecule has 2 aliphatic rings. The first-order valence-electron chi connectivity index (χ1n) is 2.83. The van der Waals surface area contributed by atoms with Crippen LogP contribution in [0.1, 0.15) is 0 Å². The zero-order valence-corrected chi connectivity index (χ0v) is 5.10. The van der Waals surface area contributed by atoms with Gasteiger partial charge in [0.25, 0.3) is 0 Å². The van der Waals surface area contributed by atoms with Crippen molar-refractivity contribution in [2.45, 2.75) is 6.17 Å². The Morgan fingerprint density at radius 3 is 3.30 bits per heavy atom. The molecule has 50 valence electrons. The first-order chi connectivity index (χ1) is 4.86. The van der Waals surface area contributed by atoms with Crippen molar-refractivity contribution in [1.29, 1.82) is 0 Å². The van der Waals surface area contributed by atoms with Crippen molar-refractivity contribution in [3.63, 3.8) is 0 Å². The third-order valence-electron chi connectivity index (χ3n) is 1.28. The third kappa shape index (κ3) is 0.637. The highest BCUT2D eigenvalue weighted by atomic mass is 15.2. The summed E-state index contributed by atoms with van der Waals surface area (Å²) in [6.45, 7) is 0. The Morgan fingerprint density at radius 1 is 1.50 bits per heavy atom. The van der Waals surface area contributed by atoms with Crippen LogP contribution in [-0.4, -0.2) is 18.3 Å². The van der Waals surface area contributed by atoms with Gasteiger partial charge in [-0.25, -0.2) is 9.98 Å². The van der Waals surface area contributed by atoms with Crippen LogP contribution < -0.4 is 5.73 Å². The Hall–Kier alpha value is -1.52. The molecular formula is C5H5N5. The SMILES string of the molecule is NC1=NC2N=NC=C2C=N1. The molecule has 0 saturated carbocycles. The molecule has 0 fully saturated rings. The van der Waals surface area contributed by atoms with Gasteiger partial charge in [-0.2, -0.15) is 10.2 Å². The summed E-state index contributed by atoms with van der Waals surface area (Å²) in [6.07, 6.45) is 3.04. The molecule has 2 heterocycles. The zero-order valence-electron chi connectivity index (χ0n) is 5.10. The number of hydrogen-bond acceptors (Lipinski definition) is 5. The summed E-state index contributed by atoms with van der Waals surface area (Å²) in [5.41, 5.74) is 6.21. The smallest absolute Gasteiger partial charge is 0.217 e. The fraction of sp³-hybridized carbons (Fsp3) is 0.200. The van der Waals surface area contributed by atoms with E-state index in [0.29, 0.717) is 0 Å². The summed E-state index contributed by atoms with van der Waals surface area (Å²) < 4.78 is 0. The van der Waals surface area contributed by atoms with Gasteiger partial charge in [-0.05, 0) is 0 Å². The van der Waals surface area contributed by atoms with Gasteiger partial charge in [0.1, 0.15) is 0 Å². The Morgan fingerprint density at radius 2 is 2.40 bits per heavy atom. The molecule has 10 heavy (non-hydrogen) atoms. The Balaban J connectivity index is 2.39. The Kier molecular flexibility index (Phi) is 0.913. The van der Waals surface area contributed by atoms with Crippen LogP contribution in [0, 0.1) is 0 Å². The summed E-state index contributed by atoms with van der Waals surface area (Å²) in [4.78, 5) is 7.70. The molecule has 2 N–H and O–H groups in total. The molecule has 5 nitrogen and oxygen atoms in total. The summed E-state index contributed by atoms with van der Waals surface area (Å²) in [5.74, 6) is 0.267. The van der Waals surface area contributed by atoms with Crippen molar-refractivity contribution in [3.8, 4) is 0 Å². The lowest BCUT2D eigenvalue weighted by Crippen LogP contribution is -2.19. The monoisotopic (exact) mass is 135 g/mol. The van der Waals surface area contributed by atoms with Gasteiger partial charge < -0.3 is 5.73 Å². The number of guanidine groups is 1. The molecule has 0 saturated heterocycles. The number of nitrogens with two attached hydrogens (primary N) is 1. The van der Waals surface area contributed by atoms with E-state index in [9.17, 15) is 0 Å². The van der Waals surface area contributed by atoms with Crippen molar-refractivity contribution in [2.24, 2.45) is 25.9 Å². The van der Waals surface area contributed by atoms with Gasteiger partial charge in [0.2, 0.25) is 5.96 Å². The maximum Gasteiger partial charge on any atom is 0.217 e. The van der Waals surface area contributed by atoms with E-state index in [2.05, 4.69) is 20.2 Å². The number of azo groups is 1.